The Morgan fingerprint density at radius 1 is 1.47 bits per heavy atom. The first-order valence-electron chi connectivity index (χ1n) is 4.95. The van der Waals surface area contributed by atoms with Gasteiger partial charge in [0.15, 0.2) is 16.3 Å². The van der Waals surface area contributed by atoms with E-state index in [4.69, 9.17) is 9.68 Å². The van der Waals surface area contributed by atoms with Crippen molar-refractivity contribution in [2.45, 2.75) is 19.9 Å². The summed E-state index contributed by atoms with van der Waals surface area (Å²) >= 11 is 3.05. The lowest BCUT2D eigenvalue weighted by Crippen LogP contribution is -2.38. The second-order valence-electron chi connectivity index (χ2n) is 3.69. The number of nitrogens with zero attached hydrogens (tertiary/aromatic N) is 1. The molecule has 0 aliphatic rings. The van der Waals surface area contributed by atoms with E-state index in [2.05, 4.69) is 21.2 Å². The smallest absolute Gasteiger partial charge is 0.245 e. The molecule has 0 radical (unpaired) electrons. The zero-order valence-corrected chi connectivity index (χ0v) is 10.9. The maximum atomic E-state index is 11.8. The minimum atomic E-state index is -1.38. The number of carbonyl (C=O) groups excluding carboxylic acids is 2. The molecule has 1 heterocycles. The van der Waals surface area contributed by atoms with Gasteiger partial charge in [-0.25, -0.2) is 0 Å². The number of halogens is 1. The molecule has 1 aromatic rings. The third kappa shape index (κ3) is 3.43. The fraction of sp³-hybridized carbons (Fsp3) is 0.364. The number of amides is 1. The highest BCUT2D eigenvalue weighted by atomic mass is 79.9. The van der Waals surface area contributed by atoms with Crippen LogP contribution in [0.15, 0.2) is 21.2 Å². The van der Waals surface area contributed by atoms with Crippen molar-refractivity contribution in [2.24, 2.45) is 5.92 Å². The molecule has 0 bridgehead atoms. The molecule has 0 aliphatic carbocycles. The van der Waals surface area contributed by atoms with Gasteiger partial charge < -0.3 is 9.73 Å². The van der Waals surface area contributed by atoms with Gasteiger partial charge in [0.2, 0.25) is 11.7 Å². The number of nitriles is 1. The van der Waals surface area contributed by atoms with E-state index in [-0.39, 0.29) is 11.8 Å². The molecule has 0 aromatic carbocycles. The first-order chi connectivity index (χ1) is 7.95. The van der Waals surface area contributed by atoms with Crippen LogP contribution in [0.3, 0.4) is 0 Å². The van der Waals surface area contributed by atoms with E-state index < -0.39 is 17.6 Å². The van der Waals surface area contributed by atoms with Crippen LogP contribution in [0.4, 0.5) is 0 Å². The highest BCUT2D eigenvalue weighted by Gasteiger charge is 2.29. The van der Waals surface area contributed by atoms with Crippen molar-refractivity contribution in [1.82, 2.24) is 5.32 Å². The molecule has 1 aromatic heterocycles. The highest BCUT2D eigenvalue weighted by Crippen LogP contribution is 2.17. The predicted octanol–water partition coefficient (Wildman–Crippen LogP) is 1.89. The van der Waals surface area contributed by atoms with Crippen LogP contribution < -0.4 is 5.32 Å². The van der Waals surface area contributed by atoms with Crippen LogP contribution in [0, 0.1) is 17.2 Å². The summed E-state index contributed by atoms with van der Waals surface area (Å²) in [5, 5.41) is 11.4. The first kappa shape index (κ1) is 13.5. The highest BCUT2D eigenvalue weighted by molar-refractivity contribution is 9.10. The van der Waals surface area contributed by atoms with Crippen LogP contribution in [0.2, 0.25) is 0 Å². The van der Waals surface area contributed by atoms with Crippen molar-refractivity contribution < 1.29 is 14.0 Å². The fourth-order valence-electron chi connectivity index (χ4n) is 1.19. The maximum absolute atomic E-state index is 11.8. The van der Waals surface area contributed by atoms with Crippen LogP contribution >= 0.6 is 15.9 Å². The molecule has 0 saturated carbocycles. The number of ketones is 1. The first-order valence-corrected chi connectivity index (χ1v) is 5.74. The Labute approximate surface area is 107 Å². The summed E-state index contributed by atoms with van der Waals surface area (Å²) in [4.78, 5) is 23.4. The summed E-state index contributed by atoms with van der Waals surface area (Å²) in [6.07, 6.45) is 0. The topological polar surface area (TPSA) is 83.1 Å². The van der Waals surface area contributed by atoms with E-state index in [1.807, 2.05) is 0 Å². The Morgan fingerprint density at radius 3 is 2.53 bits per heavy atom. The Kier molecular flexibility index (Phi) is 4.46. The summed E-state index contributed by atoms with van der Waals surface area (Å²) in [7, 11) is 0. The van der Waals surface area contributed by atoms with Gasteiger partial charge in [-0.05, 0) is 41.9 Å². The van der Waals surface area contributed by atoms with Crippen LogP contribution in [-0.4, -0.2) is 17.7 Å². The van der Waals surface area contributed by atoms with Crippen LogP contribution in [0.1, 0.15) is 24.4 Å². The summed E-state index contributed by atoms with van der Waals surface area (Å²) in [6.45, 7) is 3.50. The number of nitrogens with one attached hydrogen (secondary N) is 1. The minimum absolute atomic E-state index is 0.0117. The molecule has 1 atom stereocenters. The summed E-state index contributed by atoms with van der Waals surface area (Å²) in [6, 6.07) is 4.49. The molecule has 0 fully saturated rings. The van der Waals surface area contributed by atoms with E-state index in [1.54, 1.807) is 19.9 Å². The molecule has 5 nitrogen and oxygen atoms in total. The van der Waals surface area contributed by atoms with Gasteiger partial charge in [0.25, 0.3) is 0 Å². The SMILES string of the molecule is CC(C)NC(=O)[C@@H](C#N)C(=O)c1ccc(Br)o1. The lowest BCUT2D eigenvalue weighted by atomic mass is 10.0. The lowest BCUT2D eigenvalue weighted by Gasteiger charge is -2.10. The van der Waals surface area contributed by atoms with Gasteiger partial charge in [0.1, 0.15) is 0 Å². The summed E-state index contributed by atoms with van der Waals surface area (Å²) in [5.41, 5.74) is 0. The molecule has 1 N–H and O–H groups in total. The van der Waals surface area contributed by atoms with Gasteiger partial charge in [-0.2, -0.15) is 5.26 Å². The van der Waals surface area contributed by atoms with Crippen molar-refractivity contribution in [1.29, 1.82) is 5.26 Å². The van der Waals surface area contributed by atoms with E-state index in [9.17, 15) is 9.59 Å². The van der Waals surface area contributed by atoms with E-state index >= 15 is 0 Å². The molecule has 0 saturated heterocycles. The summed E-state index contributed by atoms with van der Waals surface area (Å²) in [5.74, 6) is -2.64. The lowest BCUT2D eigenvalue weighted by molar-refractivity contribution is -0.122. The number of carbonyl (C=O) groups is 2. The number of rotatable bonds is 4. The molecule has 0 unspecified atom stereocenters. The molecule has 17 heavy (non-hydrogen) atoms. The second kappa shape index (κ2) is 5.64. The van der Waals surface area contributed by atoms with Crippen molar-refractivity contribution in [3.63, 3.8) is 0 Å². The van der Waals surface area contributed by atoms with Crippen molar-refractivity contribution >= 4 is 27.6 Å². The fourth-order valence-corrected chi connectivity index (χ4v) is 1.50. The van der Waals surface area contributed by atoms with Crippen molar-refractivity contribution in [3.8, 4) is 6.07 Å². The molecule has 1 rings (SSSR count). The Bertz CT molecular complexity index is 473. The average Bonchev–Trinajstić information content (AvgIpc) is 2.64. The molecule has 6 heteroatoms. The quantitative estimate of drug-likeness (QED) is 0.679. The van der Waals surface area contributed by atoms with Gasteiger partial charge in [0, 0.05) is 6.04 Å². The van der Waals surface area contributed by atoms with Gasteiger partial charge in [0.05, 0.1) is 6.07 Å². The largest absolute Gasteiger partial charge is 0.446 e. The minimum Gasteiger partial charge on any atom is -0.446 e. The Morgan fingerprint density at radius 2 is 2.12 bits per heavy atom. The van der Waals surface area contributed by atoms with Crippen molar-refractivity contribution in [3.05, 3.63) is 22.6 Å². The normalized spacial score (nSPS) is 11.9. The van der Waals surface area contributed by atoms with Crippen LogP contribution in [0.5, 0.6) is 0 Å². The number of Topliss-reactive ketones (excluding diaryl/α,β-unsaturated/α-hetero) is 1. The zero-order valence-electron chi connectivity index (χ0n) is 9.36. The second-order valence-corrected chi connectivity index (χ2v) is 4.47. The third-order valence-corrected chi connectivity index (χ3v) is 2.33. The maximum Gasteiger partial charge on any atom is 0.245 e. The van der Waals surface area contributed by atoms with E-state index in [1.165, 1.54) is 12.1 Å². The molecule has 0 spiro atoms. The van der Waals surface area contributed by atoms with E-state index in [0.29, 0.717) is 4.67 Å². The monoisotopic (exact) mass is 298 g/mol. The molecule has 90 valence electrons. The third-order valence-electron chi connectivity index (χ3n) is 1.90. The molecular formula is C11H11BrN2O3. The van der Waals surface area contributed by atoms with Crippen LogP contribution in [-0.2, 0) is 4.79 Å². The zero-order chi connectivity index (χ0) is 13.0. The van der Waals surface area contributed by atoms with E-state index in [0.717, 1.165) is 0 Å². The van der Waals surface area contributed by atoms with Crippen LogP contribution in [0.25, 0.3) is 0 Å². The Balaban J connectivity index is 2.85. The van der Waals surface area contributed by atoms with Gasteiger partial charge in [-0.3, -0.25) is 9.59 Å². The van der Waals surface area contributed by atoms with Crippen molar-refractivity contribution in [2.75, 3.05) is 0 Å². The number of furan rings is 1. The Hall–Kier alpha value is -1.61. The average molecular weight is 299 g/mol. The summed E-state index contributed by atoms with van der Waals surface area (Å²) < 4.78 is 5.40. The van der Waals surface area contributed by atoms with Gasteiger partial charge in [-0.1, -0.05) is 0 Å². The van der Waals surface area contributed by atoms with Gasteiger partial charge >= 0.3 is 0 Å². The molecular weight excluding hydrogens is 288 g/mol. The standard InChI is InChI=1S/C11H11BrN2O3/c1-6(2)14-11(16)7(5-13)10(15)8-3-4-9(12)17-8/h3-4,6-7H,1-2H3,(H,14,16)/t7-/m0/s1. The molecule has 1 amide bonds. The molecule has 0 aliphatic heterocycles. The predicted molar refractivity (Wildman–Crippen MR) is 63.1 cm³/mol. The van der Waals surface area contributed by atoms with Gasteiger partial charge in [-0.15, -0.1) is 0 Å². The number of hydrogen-bond acceptors (Lipinski definition) is 4. The number of hydrogen-bond donors (Lipinski definition) is 1.